The van der Waals surface area contributed by atoms with E-state index in [1.807, 2.05) is 24.6 Å². The van der Waals surface area contributed by atoms with Crippen LogP contribution in [0.5, 0.6) is 0 Å². The Bertz CT molecular complexity index is 258. The summed E-state index contributed by atoms with van der Waals surface area (Å²) in [6, 6.07) is 2.14. The van der Waals surface area contributed by atoms with Gasteiger partial charge in [-0.2, -0.15) is 5.10 Å². The minimum Gasteiger partial charge on any atom is -0.384 e. The van der Waals surface area contributed by atoms with E-state index in [1.54, 1.807) is 20.0 Å². The Morgan fingerprint density at radius 2 is 2.08 bits per heavy atom. The molecule has 1 N–H and O–H groups in total. The highest BCUT2D eigenvalue weighted by atomic mass is 16.3. The van der Waals surface area contributed by atoms with Crippen LogP contribution in [-0.4, -0.2) is 14.9 Å². The Labute approximate surface area is 73.0 Å². The molecule has 0 aromatic carbocycles. The van der Waals surface area contributed by atoms with Crippen molar-refractivity contribution in [2.45, 2.75) is 39.3 Å². The standard InChI is InChI=1S/C9H16N2O/c1-7(2)11-8(5-6-10-11)9(3,4)12/h5-7,12H,1-4H3. The normalized spacial score (nSPS) is 12.5. The van der Waals surface area contributed by atoms with Gasteiger partial charge in [0.25, 0.3) is 0 Å². The largest absolute Gasteiger partial charge is 0.384 e. The summed E-state index contributed by atoms with van der Waals surface area (Å²) in [7, 11) is 0. The molecule has 1 rings (SSSR count). The van der Waals surface area contributed by atoms with E-state index in [0.29, 0.717) is 6.04 Å². The molecule has 3 heteroatoms. The molecule has 1 aromatic rings. The molecule has 12 heavy (non-hydrogen) atoms. The van der Waals surface area contributed by atoms with Gasteiger partial charge < -0.3 is 5.11 Å². The van der Waals surface area contributed by atoms with Crippen molar-refractivity contribution < 1.29 is 5.11 Å². The fraction of sp³-hybridized carbons (Fsp3) is 0.667. The topological polar surface area (TPSA) is 38.0 Å². The zero-order chi connectivity index (χ0) is 9.35. The van der Waals surface area contributed by atoms with Gasteiger partial charge in [0.15, 0.2) is 0 Å². The molecule has 0 radical (unpaired) electrons. The second kappa shape index (κ2) is 2.90. The van der Waals surface area contributed by atoms with Crippen LogP contribution in [0, 0.1) is 0 Å². The van der Waals surface area contributed by atoms with Crippen molar-refractivity contribution >= 4 is 0 Å². The summed E-state index contributed by atoms with van der Waals surface area (Å²) in [5.41, 5.74) is 0.0540. The number of hydrogen-bond donors (Lipinski definition) is 1. The van der Waals surface area contributed by atoms with Crippen LogP contribution in [0.4, 0.5) is 0 Å². The molecule has 3 nitrogen and oxygen atoms in total. The summed E-state index contributed by atoms with van der Waals surface area (Å²) in [4.78, 5) is 0. The van der Waals surface area contributed by atoms with Crippen LogP contribution in [0.25, 0.3) is 0 Å². The number of hydrogen-bond acceptors (Lipinski definition) is 2. The molecule has 0 spiro atoms. The van der Waals surface area contributed by atoms with Crippen molar-refractivity contribution in [1.82, 2.24) is 9.78 Å². The Hall–Kier alpha value is -0.830. The maximum Gasteiger partial charge on any atom is 0.101 e. The smallest absolute Gasteiger partial charge is 0.101 e. The van der Waals surface area contributed by atoms with Crippen LogP contribution in [0.2, 0.25) is 0 Å². The molecule has 0 aliphatic rings. The number of nitrogens with zero attached hydrogens (tertiary/aromatic N) is 2. The Morgan fingerprint density at radius 1 is 1.50 bits per heavy atom. The first kappa shape index (κ1) is 9.26. The lowest BCUT2D eigenvalue weighted by molar-refractivity contribution is 0.0669. The highest BCUT2D eigenvalue weighted by Gasteiger charge is 2.21. The first-order valence-corrected chi connectivity index (χ1v) is 4.19. The van der Waals surface area contributed by atoms with Crippen LogP contribution >= 0.6 is 0 Å². The van der Waals surface area contributed by atoms with E-state index in [2.05, 4.69) is 5.10 Å². The van der Waals surface area contributed by atoms with Crippen LogP contribution in [0.1, 0.15) is 39.4 Å². The molecular weight excluding hydrogens is 152 g/mol. The van der Waals surface area contributed by atoms with Gasteiger partial charge in [0.2, 0.25) is 0 Å². The van der Waals surface area contributed by atoms with Gasteiger partial charge in [0, 0.05) is 12.2 Å². The molecule has 0 atom stereocenters. The second-order valence-corrected chi connectivity index (χ2v) is 3.81. The molecule has 0 fully saturated rings. The minimum atomic E-state index is -0.805. The number of rotatable bonds is 2. The highest BCUT2D eigenvalue weighted by Crippen LogP contribution is 2.21. The molecule has 0 saturated heterocycles. The lowest BCUT2D eigenvalue weighted by atomic mass is 10.1. The van der Waals surface area contributed by atoms with E-state index < -0.39 is 5.60 Å². The van der Waals surface area contributed by atoms with Gasteiger partial charge in [-0.15, -0.1) is 0 Å². The summed E-state index contributed by atoms with van der Waals surface area (Å²) in [6.45, 7) is 7.62. The van der Waals surface area contributed by atoms with Crippen LogP contribution < -0.4 is 0 Å². The van der Waals surface area contributed by atoms with E-state index in [9.17, 15) is 5.11 Å². The van der Waals surface area contributed by atoms with E-state index in [1.165, 1.54) is 0 Å². The highest BCUT2D eigenvalue weighted by molar-refractivity contribution is 5.09. The molecule has 0 amide bonds. The van der Waals surface area contributed by atoms with Crippen molar-refractivity contribution in [2.24, 2.45) is 0 Å². The van der Waals surface area contributed by atoms with Crippen LogP contribution in [0.3, 0.4) is 0 Å². The van der Waals surface area contributed by atoms with E-state index in [4.69, 9.17) is 0 Å². The molecule has 0 bridgehead atoms. The second-order valence-electron chi connectivity index (χ2n) is 3.81. The van der Waals surface area contributed by atoms with Crippen molar-refractivity contribution in [3.05, 3.63) is 18.0 Å². The molecule has 68 valence electrons. The van der Waals surface area contributed by atoms with Crippen molar-refractivity contribution in [1.29, 1.82) is 0 Å². The van der Waals surface area contributed by atoms with Gasteiger partial charge in [-0.05, 0) is 33.8 Å². The summed E-state index contributed by atoms with van der Waals surface area (Å²) in [5, 5.41) is 13.9. The lowest BCUT2D eigenvalue weighted by Crippen LogP contribution is -2.22. The predicted molar refractivity (Wildman–Crippen MR) is 47.9 cm³/mol. The van der Waals surface area contributed by atoms with E-state index in [-0.39, 0.29) is 0 Å². The molecular formula is C9H16N2O. The van der Waals surface area contributed by atoms with E-state index in [0.717, 1.165) is 5.69 Å². The third kappa shape index (κ3) is 1.67. The average molecular weight is 168 g/mol. The fourth-order valence-electron chi connectivity index (χ4n) is 1.21. The third-order valence-electron chi connectivity index (χ3n) is 1.79. The summed E-state index contributed by atoms with van der Waals surface area (Å²) in [5.74, 6) is 0. The van der Waals surface area contributed by atoms with Crippen LogP contribution in [0.15, 0.2) is 12.3 Å². The third-order valence-corrected chi connectivity index (χ3v) is 1.79. The zero-order valence-corrected chi connectivity index (χ0v) is 8.07. The van der Waals surface area contributed by atoms with Gasteiger partial charge in [0.1, 0.15) is 5.60 Å². The number of aromatic nitrogens is 2. The SMILES string of the molecule is CC(C)n1nccc1C(C)(C)O. The van der Waals surface area contributed by atoms with Gasteiger partial charge >= 0.3 is 0 Å². The monoisotopic (exact) mass is 168 g/mol. The Kier molecular flexibility index (Phi) is 2.24. The summed E-state index contributed by atoms with van der Waals surface area (Å²) < 4.78 is 1.83. The Morgan fingerprint density at radius 3 is 2.42 bits per heavy atom. The molecule has 0 aliphatic carbocycles. The Balaban J connectivity index is 3.08. The summed E-state index contributed by atoms with van der Waals surface area (Å²) >= 11 is 0. The first-order chi connectivity index (χ1) is 5.43. The van der Waals surface area contributed by atoms with E-state index >= 15 is 0 Å². The average Bonchev–Trinajstić information content (AvgIpc) is 2.30. The zero-order valence-electron chi connectivity index (χ0n) is 8.07. The molecule has 1 heterocycles. The molecule has 0 saturated carbocycles. The molecule has 1 aromatic heterocycles. The maximum atomic E-state index is 9.75. The lowest BCUT2D eigenvalue weighted by Gasteiger charge is -2.20. The van der Waals surface area contributed by atoms with Gasteiger partial charge in [0.05, 0.1) is 5.69 Å². The summed E-state index contributed by atoms with van der Waals surface area (Å²) in [6.07, 6.45) is 1.72. The van der Waals surface area contributed by atoms with Crippen molar-refractivity contribution in [3.8, 4) is 0 Å². The van der Waals surface area contributed by atoms with Crippen molar-refractivity contribution in [3.63, 3.8) is 0 Å². The van der Waals surface area contributed by atoms with Gasteiger partial charge in [-0.25, -0.2) is 0 Å². The van der Waals surface area contributed by atoms with Gasteiger partial charge in [-0.1, -0.05) is 0 Å². The van der Waals surface area contributed by atoms with Crippen molar-refractivity contribution in [2.75, 3.05) is 0 Å². The molecule has 0 aliphatic heterocycles. The number of aliphatic hydroxyl groups is 1. The predicted octanol–water partition coefficient (Wildman–Crippen LogP) is 1.69. The minimum absolute atomic E-state index is 0.293. The molecule has 0 unspecified atom stereocenters. The maximum absolute atomic E-state index is 9.75. The first-order valence-electron chi connectivity index (χ1n) is 4.19. The van der Waals surface area contributed by atoms with Gasteiger partial charge in [-0.3, -0.25) is 4.68 Å². The van der Waals surface area contributed by atoms with Crippen LogP contribution in [-0.2, 0) is 5.60 Å². The quantitative estimate of drug-likeness (QED) is 0.729. The fourth-order valence-corrected chi connectivity index (χ4v) is 1.21.